The van der Waals surface area contributed by atoms with Gasteiger partial charge < -0.3 is 10.4 Å². The van der Waals surface area contributed by atoms with Gasteiger partial charge in [0.1, 0.15) is 0 Å². The number of carbonyl (C=O) groups is 1. The maximum absolute atomic E-state index is 10.4. The lowest BCUT2D eigenvalue weighted by atomic mass is 10.0. The molecular formula is C13H19NO2. The Bertz CT molecular complexity index is 354. The van der Waals surface area contributed by atoms with Gasteiger partial charge in [-0.25, -0.2) is 0 Å². The molecule has 0 amide bonds. The van der Waals surface area contributed by atoms with Crippen LogP contribution in [-0.4, -0.2) is 17.6 Å². The Morgan fingerprint density at radius 1 is 1.31 bits per heavy atom. The van der Waals surface area contributed by atoms with E-state index < -0.39 is 5.97 Å². The Labute approximate surface area is 96.5 Å². The summed E-state index contributed by atoms with van der Waals surface area (Å²) in [6, 6.07) is 6.59. The summed E-state index contributed by atoms with van der Waals surface area (Å²) in [5.41, 5.74) is 3.69. The molecule has 0 heterocycles. The summed E-state index contributed by atoms with van der Waals surface area (Å²) in [6.07, 6.45) is 0.162. The van der Waals surface area contributed by atoms with Gasteiger partial charge in [-0.1, -0.05) is 29.3 Å². The average molecular weight is 221 g/mol. The van der Waals surface area contributed by atoms with Crippen molar-refractivity contribution in [2.75, 3.05) is 6.54 Å². The summed E-state index contributed by atoms with van der Waals surface area (Å²) >= 11 is 0. The maximum Gasteiger partial charge on any atom is 0.304 e. The Morgan fingerprint density at radius 3 is 2.38 bits per heavy atom. The highest BCUT2D eigenvalue weighted by atomic mass is 16.4. The lowest BCUT2D eigenvalue weighted by molar-refractivity contribution is -0.136. The number of hydrogen-bond acceptors (Lipinski definition) is 2. The molecule has 0 saturated carbocycles. The van der Waals surface area contributed by atoms with E-state index in [1.165, 1.54) is 16.7 Å². The van der Waals surface area contributed by atoms with Crippen LogP contribution in [0.15, 0.2) is 18.2 Å². The van der Waals surface area contributed by atoms with E-state index in [-0.39, 0.29) is 12.5 Å². The highest BCUT2D eigenvalue weighted by Gasteiger charge is 2.06. The molecule has 0 fully saturated rings. The van der Waals surface area contributed by atoms with Crippen LogP contribution >= 0.6 is 0 Å². The second-order valence-electron chi connectivity index (χ2n) is 4.24. The molecule has 16 heavy (non-hydrogen) atoms. The molecule has 0 bridgehead atoms. The van der Waals surface area contributed by atoms with Gasteiger partial charge >= 0.3 is 5.97 Å². The van der Waals surface area contributed by atoms with E-state index in [4.69, 9.17) is 5.11 Å². The molecule has 1 aromatic carbocycles. The van der Waals surface area contributed by atoms with Gasteiger partial charge in [-0.3, -0.25) is 4.79 Å². The first kappa shape index (κ1) is 12.7. The minimum atomic E-state index is -0.764. The zero-order valence-electron chi connectivity index (χ0n) is 10.1. The number of aryl methyl sites for hydroxylation is 2. The SMILES string of the molecule is Cc1cc(C)cc(C(C)NCCC(=O)O)c1. The summed E-state index contributed by atoms with van der Waals surface area (Å²) in [4.78, 5) is 10.4. The number of rotatable bonds is 5. The van der Waals surface area contributed by atoms with Gasteiger partial charge in [0, 0.05) is 12.6 Å². The van der Waals surface area contributed by atoms with Crippen LogP contribution in [0.2, 0.25) is 0 Å². The standard InChI is InChI=1S/C13H19NO2/c1-9-6-10(2)8-12(7-9)11(3)14-5-4-13(15)16/h6-8,11,14H,4-5H2,1-3H3,(H,15,16). The van der Waals surface area contributed by atoms with Crippen LogP contribution in [0.25, 0.3) is 0 Å². The monoisotopic (exact) mass is 221 g/mol. The van der Waals surface area contributed by atoms with Crippen LogP contribution in [0.1, 0.15) is 36.1 Å². The van der Waals surface area contributed by atoms with Crippen molar-refractivity contribution in [3.63, 3.8) is 0 Å². The molecule has 0 aromatic heterocycles. The van der Waals surface area contributed by atoms with Gasteiger partial charge in [-0.2, -0.15) is 0 Å². The predicted octanol–water partition coefficient (Wildman–Crippen LogP) is 2.43. The van der Waals surface area contributed by atoms with Gasteiger partial charge in [-0.05, 0) is 26.3 Å². The maximum atomic E-state index is 10.4. The van der Waals surface area contributed by atoms with Crippen molar-refractivity contribution < 1.29 is 9.90 Å². The van der Waals surface area contributed by atoms with Gasteiger partial charge in [-0.15, -0.1) is 0 Å². The first-order valence-electron chi connectivity index (χ1n) is 5.52. The van der Waals surface area contributed by atoms with Gasteiger partial charge in [0.15, 0.2) is 0 Å². The molecule has 0 spiro atoms. The fourth-order valence-corrected chi connectivity index (χ4v) is 1.77. The van der Waals surface area contributed by atoms with Gasteiger partial charge in [0.2, 0.25) is 0 Å². The molecule has 0 aliphatic carbocycles. The number of benzene rings is 1. The first-order valence-corrected chi connectivity index (χ1v) is 5.52. The number of nitrogens with one attached hydrogen (secondary N) is 1. The third-order valence-electron chi connectivity index (χ3n) is 2.53. The van der Waals surface area contributed by atoms with E-state index in [0.717, 1.165) is 0 Å². The van der Waals surface area contributed by atoms with Crippen molar-refractivity contribution in [3.8, 4) is 0 Å². The van der Waals surface area contributed by atoms with Crippen LogP contribution in [0, 0.1) is 13.8 Å². The molecule has 0 aliphatic heterocycles. The second kappa shape index (κ2) is 5.66. The Morgan fingerprint density at radius 2 is 1.88 bits per heavy atom. The summed E-state index contributed by atoms with van der Waals surface area (Å²) in [5.74, 6) is -0.764. The van der Waals surface area contributed by atoms with Crippen LogP contribution in [0.4, 0.5) is 0 Å². The molecule has 3 heteroatoms. The lowest BCUT2D eigenvalue weighted by Gasteiger charge is -2.15. The van der Waals surface area contributed by atoms with Crippen LogP contribution in [-0.2, 0) is 4.79 Å². The molecule has 0 saturated heterocycles. The van der Waals surface area contributed by atoms with Crippen molar-refractivity contribution >= 4 is 5.97 Å². The van der Waals surface area contributed by atoms with E-state index >= 15 is 0 Å². The van der Waals surface area contributed by atoms with Crippen LogP contribution in [0.3, 0.4) is 0 Å². The van der Waals surface area contributed by atoms with Crippen molar-refractivity contribution in [3.05, 3.63) is 34.9 Å². The highest BCUT2D eigenvalue weighted by Crippen LogP contribution is 2.16. The Kier molecular flexibility index (Phi) is 4.50. The van der Waals surface area contributed by atoms with Crippen LogP contribution in [0.5, 0.6) is 0 Å². The quantitative estimate of drug-likeness (QED) is 0.802. The van der Waals surface area contributed by atoms with Gasteiger partial charge in [0.05, 0.1) is 6.42 Å². The number of carboxylic acid groups (broad SMARTS) is 1. The fraction of sp³-hybridized carbons (Fsp3) is 0.462. The Balaban J connectivity index is 2.58. The first-order chi connectivity index (χ1) is 7.49. The van der Waals surface area contributed by atoms with Crippen molar-refractivity contribution in [2.45, 2.75) is 33.2 Å². The van der Waals surface area contributed by atoms with Crippen molar-refractivity contribution in [1.82, 2.24) is 5.32 Å². The van der Waals surface area contributed by atoms with Crippen molar-refractivity contribution in [2.24, 2.45) is 0 Å². The number of hydrogen-bond donors (Lipinski definition) is 2. The normalized spacial score (nSPS) is 12.4. The molecule has 1 atom stereocenters. The number of carboxylic acids is 1. The summed E-state index contributed by atoms with van der Waals surface area (Å²) in [5, 5.41) is 11.7. The minimum absolute atomic E-state index is 0.162. The molecule has 0 radical (unpaired) electrons. The van der Waals surface area contributed by atoms with Crippen molar-refractivity contribution in [1.29, 1.82) is 0 Å². The molecule has 1 aromatic rings. The zero-order valence-corrected chi connectivity index (χ0v) is 10.1. The number of aliphatic carboxylic acids is 1. The van der Waals surface area contributed by atoms with E-state index in [9.17, 15) is 4.79 Å². The topological polar surface area (TPSA) is 49.3 Å². The van der Waals surface area contributed by atoms with E-state index in [1.807, 2.05) is 0 Å². The third kappa shape index (κ3) is 4.03. The zero-order chi connectivity index (χ0) is 12.1. The highest BCUT2D eigenvalue weighted by molar-refractivity contribution is 5.66. The second-order valence-corrected chi connectivity index (χ2v) is 4.24. The molecular weight excluding hydrogens is 202 g/mol. The smallest absolute Gasteiger partial charge is 0.304 e. The molecule has 1 unspecified atom stereocenters. The minimum Gasteiger partial charge on any atom is -0.481 e. The van der Waals surface area contributed by atoms with Crippen LogP contribution < -0.4 is 5.32 Å². The molecule has 3 nitrogen and oxygen atoms in total. The fourth-order valence-electron chi connectivity index (χ4n) is 1.77. The van der Waals surface area contributed by atoms with E-state index in [0.29, 0.717) is 6.54 Å². The molecule has 2 N–H and O–H groups in total. The largest absolute Gasteiger partial charge is 0.481 e. The third-order valence-corrected chi connectivity index (χ3v) is 2.53. The van der Waals surface area contributed by atoms with Gasteiger partial charge in [0.25, 0.3) is 0 Å². The van der Waals surface area contributed by atoms with E-state index in [1.54, 1.807) is 0 Å². The predicted molar refractivity (Wildman–Crippen MR) is 64.6 cm³/mol. The molecule has 88 valence electrons. The lowest BCUT2D eigenvalue weighted by Crippen LogP contribution is -2.22. The summed E-state index contributed by atoms with van der Waals surface area (Å²) in [7, 11) is 0. The molecule has 1 rings (SSSR count). The van der Waals surface area contributed by atoms with E-state index in [2.05, 4.69) is 44.3 Å². The Hall–Kier alpha value is -1.35. The summed E-state index contributed by atoms with van der Waals surface area (Å²) in [6.45, 7) is 6.69. The molecule has 0 aliphatic rings. The summed E-state index contributed by atoms with van der Waals surface area (Å²) < 4.78 is 0. The average Bonchev–Trinajstić information content (AvgIpc) is 2.15.